The predicted octanol–water partition coefficient (Wildman–Crippen LogP) is 1.01. The molecule has 1 unspecified atom stereocenters. The third-order valence-corrected chi connectivity index (χ3v) is 2.94. The largest absolute Gasteiger partial charge is 0.367 e. The van der Waals surface area contributed by atoms with E-state index in [0.29, 0.717) is 0 Å². The van der Waals surface area contributed by atoms with Crippen molar-refractivity contribution in [2.75, 3.05) is 33.3 Å². The Morgan fingerprint density at radius 3 is 2.50 bits per heavy atom. The third kappa shape index (κ3) is 4.94. The van der Waals surface area contributed by atoms with Gasteiger partial charge in [-0.15, -0.1) is 0 Å². The molecule has 1 saturated heterocycles. The number of nitrogens with one attached hydrogen (secondary N) is 1. The van der Waals surface area contributed by atoms with Crippen LogP contribution in [0.5, 0.6) is 0 Å². The van der Waals surface area contributed by atoms with Crippen molar-refractivity contribution in [1.82, 2.24) is 10.2 Å². The molecule has 1 amide bonds. The highest BCUT2D eigenvalue weighted by atomic mass is 16.5. The Morgan fingerprint density at radius 2 is 1.94 bits per heavy atom. The van der Waals surface area contributed by atoms with Crippen LogP contribution in [0, 0.1) is 0 Å². The molecule has 1 N–H and O–H groups in total. The zero-order valence-electron chi connectivity index (χ0n) is 10.5. The summed E-state index contributed by atoms with van der Waals surface area (Å²) >= 11 is 0. The van der Waals surface area contributed by atoms with Crippen molar-refractivity contribution >= 4 is 5.91 Å². The maximum atomic E-state index is 11.8. The van der Waals surface area contributed by atoms with Gasteiger partial charge in [-0.1, -0.05) is 12.8 Å². The topological polar surface area (TPSA) is 41.6 Å². The lowest BCUT2D eigenvalue weighted by Gasteiger charge is -2.21. The van der Waals surface area contributed by atoms with Gasteiger partial charge < -0.3 is 15.0 Å². The van der Waals surface area contributed by atoms with E-state index in [9.17, 15) is 4.79 Å². The highest BCUT2D eigenvalue weighted by molar-refractivity contribution is 5.77. The first-order valence-corrected chi connectivity index (χ1v) is 6.28. The standard InChI is InChI=1S/C12H24N2O2/c1-11(9-13-2)16-10-12(15)14-7-5-3-4-6-8-14/h11,13H,3-10H2,1-2H3. The molecular weight excluding hydrogens is 204 g/mol. The van der Waals surface area contributed by atoms with E-state index in [1.165, 1.54) is 12.8 Å². The third-order valence-electron chi connectivity index (χ3n) is 2.94. The van der Waals surface area contributed by atoms with Gasteiger partial charge in [-0.2, -0.15) is 0 Å². The van der Waals surface area contributed by atoms with Crippen LogP contribution in [-0.2, 0) is 9.53 Å². The minimum absolute atomic E-state index is 0.0981. The number of ether oxygens (including phenoxy) is 1. The number of hydrogen-bond donors (Lipinski definition) is 1. The summed E-state index contributed by atoms with van der Waals surface area (Å²) < 4.78 is 5.48. The van der Waals surface area contributed by atoms with Crippen molar-refractivity contribution in [3.63, 3.8) is 0 Å². The number of carbonyl (C=O) groups excluding carboxylic acids is 1. The summed E-state index contributed by atoms with van der Waals surface area (Å²) in [5.74, 6) is 0.143. The molecule has 1 aliphatic rings. The Hall–Kier alpha value is -0.610. The number of nitrogens with zero attached hydrogens (tertiary/aromatic N) is 1. The molecule has 0 saturated carbocycles. The molecule has 0 aromatic carbocycles. The molecule has 0 radical (unpaired) electrons. The van der Waals surface area contributed by atoms with Crippen LogP contribution < -0.4 is 5.32 Å². The summed E-state index contributed by atoms with van der Waals surface area (Å²) in [7, 11) is 1.89. The normalized spacial score (nSPS) is 19.2. The Morgan fingerprint density at radius 1 is 1.31 bits per heavy atom. The Balaban J connectivity index is 2.22. The first-order valence-electron chi connectivity index (χ1n) is 6.28. The molecule has 0 spiro atoms. The number of hydrogen-bond acceptors (Lipinski definition) is 3. The van der Waals surface area contributed by atoms with Gasteiger partial charge in [0, 0.05) is 19.6 Å². The zero-order chi connectivity index (χ0) is 11.8. The number of likely N-dealkylation sites (tertiary alicyclic amines) is 1. The molecule has 1 aliphatic heterocycles. The van der Waals surface area contributed by atoms with Crippen molar-refractivity contribution in [2.24, 2.45) is 0 Å². The molecule has 0 aromatic rings. The predicted molar refractivity (Wildman–Crippen MR) is 64.4 cm³/mol. The quantitative estimate of drug-likeness (QED) is 0.763. The lowest BCUT2D eigenvalue weighted by atomic mass is 10.2. The van der Waals surface area contributed by atoms with Gasteiger partial charge in [0.2, 0.25) is 5.91 Å². The van der Waals surface area contributed by atoms with Crippen molar-refractivity contribution < 1.29 is 9.53 Å². The lowest BCUT2D eigenvalue weighted by molar-refractivity contribution is -0.137. The first kappa shape index (κ1) is 13.5. The van der Waals surface area contributed by atoms with Crippen molar-refractivity contribution in [3.05, 3.63) is 0 Å². The molecular formula is C12H24N2O2. The highest BCUT2D eigenvalue weighted by Gasteiger charge is 2.16. The summed E-state index contributed by atoms with van der Waals surface area (Å²) in [6, 6.07) is 0. The van der Waals surface area contributed by atoms with Gasteiger partial charge in [-0.25, -0.2) is 0 Å². The Bertz CT molecular complexity index is 201. The summed E-state index contributed by atoms with van der Waals surface area (Å²) in [6.07, 6.45) is 4.87. The van der Waals surface area contributed by atoms with E-state index in [-0.39, 0.29) is 18.6 Å². The SMILES string of the molecule is CNCC(C)OCC(=O)N1CCCCCC1. The van der Waals surface area contributed by atoms with E-state index in [1.807, 2.05) is 18.9 Å². The van der Waals surface area contributed by atoms with Crippen molar-refractivity contribution in [3.8, 4) is 0 Å². The number of rotatable bonds is 5. The van der Waals surface area contributed by atoms with E-state index in [1.54, 1.807) is 0 Å². The smallest absolute Gasteiger partial charge is 0.248 e. The average molecular weight is 228 g/mol. The second-order valence-electron chi connectivity index (χ2n) is 4.47. The fourth-order valence-corrected chi connectivity index (χ4v) is 1.97. The first-order chi connectivity index (χ1) is 7.74. The molecule has 4 nitrogen and oxygen atoms in total. The van der Waals surface area contributed by atoms with Crippen LogP contribution in [0.4, 0.5) is 0 Å². The van der Waals surface area contributed by atoms with Gasteiger partial charge >= 0.3 is 0 Å². The van der Waals surface area contributed by atoms with Gasteiger partial charge in [0.25, 0.3) is 0 Å². The van der Waals surface area contributed by atoms with Crippen LogP contribution in [0.15, 0.2) is 0 Å². The van der Waals surface area contributed by atoms with Crippen LogP contribution in [-0.4, -0.2) is 50.2 Å². The second-order valence-corrected chi connectivity index (χ2v) is 4.47. The van der Waals surface area contributed by atoms with Gasteiger partial charge in [0.15, 0.2) is 0 Å². The molecule has 16 heavy (non-hydrogen) atoms. The molecule has 1 fully saturated rings. The van der Waals surface area contributed by atoms with Crippen LogP contribution >= 0.6 is 0 Å². The molecule has 0 bridgehead atoms. The summed E-state index contributed by atoms with van der Waals surface area (Å²) in [6.45, 7) is 4.80. The maximum absolute atomic E-state index is 11.8. The molecule has 0 aliphatic carbocycles. The average Bonchev–Trinajstić information content (AvgIpc) is 2.55. The fraction of sp³-hybridized carbons (Fsp3) is 0.917. The molecule has 94 valence electrons. The van der Waals surface area contributed by atoms with Gasteiger partial charge in [0.1, 0.15) is 6.61 Å². The van der Waals surface area contributed by atoms with E-state index in [2.05, 4.69) is 5.32 Å². The Kier molecular flexibility index (Phi) is 6.42. The number of carbonyl (C=O) groups is 1. The maximum Gasteiger partial charge on any atom is 0.248 e. The minimum Gasteiger partial charge on any atom is -0.367 e. The van der Waals surface area contributed by atoms with Crippen LogP contribution in [0.2, 0.25) is 0 Å². The zero-order valence-corrected chi connectivity index (χ0v) is 10.5. The molecule has 1 rings (SSSR count). The van der Waals surface area contributed by atoms with Crippen LogP contribution in [0.25, 0.3) is 0 Å². The van der Waals surface area contributed by atoms with E-state index in [0.717, 1.165) is 32.5 Å². The summed E-state index contributed by atoms with van der Waals surface area (Å²) in [4.78, 5) is 13.8. The van der Waals surface area contributed by atoms with E-state index in [4.69, 9.17) is 4.74 Å². The number of amides is 1. The fourth-order valence-electron chi connectivity index (χ4n) is 1.97. The van der Waals surface area contributed by atoms with Crippen molar-refractivity contribution in [2.45, 2.75) is 38.7 Å². The van der Waals surface area contributed by atoms with Gasteiger partial charge in [-0.05, 0) is 26.8 Å². The molecule has 0 aromatic heterocycles. The summed E-state index contributed by atoms with van der Waals surface area (Å²) in [5, 5.41) is 3.03. The molecule has 1 heterocycles. The van der Waals surface area contributed by atoms with Crippen molar-refractivity contribution in [1.29, 1.82) is 0 Å². The second kappa shape index (κ2) is 7.63. The number of likely N-dealkylation sites (N-methyl/N-ethyl adjacent to an activating group) is 1. The van der Waals surface area contributed by atoms with Crippen LogP contribution in [0.3, 0.4) is 0 Å². The monoisotopic (exact) mass is 228 g/mol. The molecule has 4 heteroatoms. The van der Waals surface area contributed by atoms with Gasteiger partial charge in [-0.3, -0.25) is 4.79 Å². The highest BCUT2D eigenvalue weighted by Crippen LogP contribution is 2.09. The molecule has 1 atom stereocenters. The van der Waals surface area contributed by atoms with E-state index < -0.39 is 0 Å². The van der Waals surface area contributed by atoms with Gasteiger partial charge in [0.05, 0.1) is 6.10 Å². The van der Waals surface area contributed by atoms with E-state index >= 15 is 0 Å². The summed E-state index contributed by atoms with van der Waals surface area (Å²) in [5.41, 5.74) is 0. The Labute approximate surface area is 98.3 Å². The minimum atomic E-state index is 0.0981. The lowest BCUT2D eigenvalue weighted by Crippen LogP contribution is -2.36. The van der Waals surface area contributed by atoms with Crippen LogP contribution in [0.1, 0.15) is 32.6 Å².